The molecule has 4 aromatic rings. The van der Waals surface area contributed by atoms with Crippen LogP contribution in [0.3, 0.4) is 0 Å². The van der Waals surface area contributed by atoms with Crippen LogP contribution in [0.25, 0.3) is 5.69 Å². The molecule has 13 nitrogen and oxygen atoms in total. The summed E-state index contributed by atoms with van der Waals surface area (Å²) in [5.41, 5.74) is 4.98. The Hall–Kier alpha value is -4.17. The number of nitrogens with one attached hydrogen (secondary N) is 3. The number of nitrogens with zero attached hydrogens (tertiary/aromatic N) is 2. The number of rotatable bonds is 5. The first kappa shape index (κ1) is 30.8. The van der Waals surface area contributed by atoms with E-state index in [0.717, 1.165) is 5.69 Å². The van der Waals surface area contributed by atoms with Crippen LogP contribution in [0.15, 0.2) is 93.7 Å². The molecule has 1 aliphatic heterocycles. The molecule has 0 fully saturated rings. The van der Waals surface area contributed by atoms with Gasteiger partial charge in [0.2, 0.25) is 20.0 Å². The molecule has 1 aromatic heterocycles. The first-order valence-electron chi connectivity index (χ1n) is 11.5. The highest BCUT2D eigenvalue weighted by atomic mass is 32.2. The van der Waals surface area contributed by atoms with Gasteiger partial charge in [0.1, 0.15) is 10.7 Å². The molecule has 0 aliphatic carbocycles. The minimum atomic E-state index is -4.99. The van der Waals surface area contributed by atoms with Crippen LogP contribution in [0.5, 0.6) is 0 Å². The first-order valence-corrected chi connectivity index (χ1v) is 16.0. The summed E-state index contributed by atoms with van der Waals surface area (Å²) in [5, 5.41) is 11.2. The van der Waals surface area contributed by atoms with E-state index in [0.29, 0.717) is 23.6 Å². The van der Waals surface area contributed by atoms with Crippen LogP contribution >= 0.6 is 0 Å². The molecule has 224 valence electrons. The molecule has 0 atom stereocenters. The van der Waals surface area contributed by atoms with Crippen molar-refractivity contribution in [1.82, 2.24) is 14.5 Å². The van der Waals surface area contributed by atoms with Gasteiger partial charge in [-0.2, -0.15) is 23.0 Å². The molecule has 1 aliphatic rings. The maximum absolute atomic E-state index is 12.8. The number of para-hydroxylation sites is 1. The van der Waals surface area contributed by atoms with Gasteiger partial charge in [-0.15, -0.1) is 0 Å². The number of hydrogen-bond acceptors (Lipinski definition) is 9. The number of anilines is 3. The Morgan fingerprint density at radius 2 is 1.60 bits per heavy atom. The van der Waals surface area contributed by atoms with Gasteiger partial charge in [-0.25, -0.2) is 35.1 Å². The second-order valence-electron chi connectivity index (χ2n) is 8.53. The summed E-state index contributed by atoms with van der Waals surface area (Å²) < 4.78 is 115. The number of alkyl halides is 3. The van der Waals surface area contributed by atoms with Crippen LogP contribution in [0.2, 0.25) is 0 Å². The van der Waals surface area contributed by atoms with Crippen LogP contribution in [-0.4, -0.2) is 41.7 Å². The Bertz CT molecular complexity index is 1930. The van der Waals surface area contributed by atoms with E-state index in [1.165, 1.54) is 23.0 Å². The molecule has 0 spiro atoms. The predicted octanol–water partition coefficient (Wildman–Crippen LogP) is 2.27. The summed E-state index contributed by atoms with van der Waals surface area (Å²) in [6, 6.07) is 17.7. The van der Waals surface area contributed by atoms with E-state index in [9.17, 15) is 38.4 Å². The van der Waals surface area contributed by atoms with E-state index in [1.54, 1.807) is 18.2 Å². The fraction of sp³-hybridized carbons (Fsp3) is 0.0870. The smallest absolute Gasteiger partial charge is 0.399 e. The van der Waals surface area contributed by atoms with Gasteiger partial charge in [0.25, 0.3) is 10.0 Å². The van der Waals surface area contributed by atoms with Gasteiger partial charge in [0.15, 0.2) is 0 Å². The molecule has 0 saturated carbocycles. The molecule has 7 N–H and O–H groups in total. The van der Waals surface area contributed by atoms with Crippen molar-refractivity contribution in [1.29, 1.82) is 0 Å². The van der Waals surface area contributed by atoms with Crippen molar-refractivity contribution >= 4 is 47.3 Å². The zero-order chi connectivity index (χ0) is 30.9. The lowest BCUT2D eigenvalue weighted by Crippen LogP contribution is -2.35. The van der Waals surface area contributed by atoms with Gasteiger partial charge < -0.3 is 11.1 Å². The number of nitrogen functional groups attached to an aromatic ring is 1. The molecule has 0 bridgehead atoms. The molecule has 3 aromatic carbocycles. The lowest BCUT2D eigenvalue weighted by atomic mass is 10.2. The standard InChI is InChI=1S/C15H14N4O2S.C8H8F3N3O4S2/c16-12-6-8-14(9-7-12)22(20,21)18-15-10-11-17-19(15)13-4-2-1-3-5-13;9-8(10,11)4-1-5-7(2-6(4)19(12,15)16)20(17,18)14-3-13-5/h1-11,18H,16H2;1-2,13-14H,3H2,(H2,12,15,16). The highest BCUT2D eigenvalue weighted by Gasteiger charge is 2.39. The molecule has 0 saturated heterocycles. The number of aromatic nitrogens is 2. The van der Waals surface area contributed by atoms with Gasteiger partial charge in [-0.1, -0.05) is 18.2 Å². The summed E-state index contributed by atoms with van der Waals surface area (Å²) in [7, 11) is -12.5. The minimum absolute atomic E-state index is 0.141. The van der Waals surface area contributed by atoms with Gasteiger partial charge in [-0.05, 0) is 48.5 Å². The molecule has 0 unspecified atom stereocenters. The van der Waals surface area contributed by atoms with Crippen LogP contribution in [0.1, 0.15) is 5.56 Å². The normalized spacial score (nSPS) is 14.6. The average Bonchev–Trinajstić information content (AvgIpc) is 3.35. The number of sulfonamides is 3. The lowest BCUT2D eigenvalue weighted by Gasteiger charge is -2.22. The monoisotopic (exact) mass is 645 g/mol. The maximum atomic E-state index is 12.8. The zero-order valence-corrected chi connectivity index (χ0v) is 23.5. The Balaban J connectivity index is 0.000000194. The third-order valence-corrected chi connectivity index (χ3v) is 9.36. The van der Waals surface area contributed by atoms with Crippen molar-refractivity contribution in [3.05, 3.63) is 84.6 Å². The molecule has 0 amide bonds. The fourth-order valence-electron chi connectivity index (χ4n) is 3.68. The topological polar surface area (TPSA) is 208 Å². The van der Waals surface area contributed by atoms with Gasteiger partial charge in [-0.3, -0.25) is 4.72 Å². The zero-order valence-electron chi connectivity index (χ0n) is 21.1. The number of hydrogen-bond donors (Lipinski definition) is 5. The van der Waals surface area contributed by atoms with Crippen LogP contribution in [0.4, 0.5) is 30.4 Å². The summed E-state index contributed by atoms with van der Waals surface area (Å²) in [4.78, 5) is -1.76. The van der Waals surface area contributed by atoms with Crippen LogP contribution < -0.4 is 25.6 Å². The quantitative estimate of drug-likeness (QED) is 0.201. The lowest BCUT2D eigenvalue weighted by molar-refractivity contribution is -0.139. The first-order chi connectivity index (χ1) is 19.5. The number of primary sulfonamides is 1. The predicted molar refractivity (Wildman–Crippen MR) is 147 cm³/mol. The molecule has 2 heterocycles. The van der Waals surface area contributed by atoms with E-state index in [2.05, 4.69) is 15.1 Å². The van der Waals surface area contributed by atoms with Crippen LogP contribution in [0, 0.1) is 0 Å². The van der Waals surface area contributed by atoms with Crippen molar-refractivity contribution in [3.8, 4) is 5.69 Å². The molecular formula is C23H22F3N7O6S3. The average molecular weight is 646 g/mol. The van der Waals surface area contributed by atoms with Gasteiger partial charge in [0, 0.05) is 11.8 Å². The Morgan fingerprint density at radius 3 is 2.19 bits per heavy atom. The van der Waals surface area contributed by atoms with E-state index in [1.807, 2.05) is 35.1 Å². The van der Waals surface area contributed by atoms with E-state index >= 15 is 0 Å². The highest BCUT2D eigenvalue weighted by molar-refractivity contribution is 7.92. The number of benzene rings is 3. The van der Waals surface area contributed by atoms with Crippen LogP contribution in [-0.2, 0) is 36.2 Å². The molecule has 42 heavy (non-hydrogen) atoms. The number of nitrogens with two attached hydrogens (primary N) is 2. The number of fused-ring (bicyclic) bond motifs is 1. The van der Waals surface area contributed by atoms with E-state index in [4.69, 9.17) is 10.9 Å². The Kier molecular flexibility index (Phi) is 8.24. The maximum Gasteiger partial charge on any atom is 0.417 e. The molecule has 5 rings (SSSR count). The van der Waals surface area contributed by atoms with Crippen molar-refractivity contribution in [3.63, 3.8) is 0 Å². The summed E-state index contributed by atoms with van der Waals surface area (Å²) in [6.45, 7) is -0.304. The Labute approximate surface area is 238 Å². The largest absolute Gasteiger partial charge is 0.417 e. The number of halogens is 3. The summed E-state index contributed by atoms with van der Waals surface area (Å²) in [6.07, 6.45) is -3.46. The van der Waals surface area contributed by atoms with E-state index in [-0.39, 0.29) is 17.3 Å². The minimum Gasteiger partial charge on any atom is -0.399 e. The summed E-state index contributed by atoms with van der Waals surface area (Å²) >= 11 is 0. The van der Waals surface area contributed by atoms with Gasteiger partial charge >= 0.3 is 6.18 Å². The second-order valence-corrected chi connectivity index (χ2v) is 13.5. The van der Waals surface area contributed by atoms with Gasteiger partial charge in [0.05, 0.1) is 39.6 Å². The second kappa shape index (κ2) is 11.2. The Morgan fingerprint density at radius 1 is 0.952 bits per heavy atom. The molecule has 0 radical (unpaired) electrons. The molecule has 19 heteroatoms. The van der Waals surface area contributed by atoms with Crippen molar-refractivity contribution in [2.75, 3.05) is 22.4 Å². The third-order valence-electron chi connectivity index (χ3n) is 5.60. The molecular weight excluding hydrogens is 623 g/mol. The SMILES string of the molecule is NS(=O)(=O)c1cc2c(cc1C(F)(F)F)NCNS2(=O)=O.Nc1ccc(S(=O)(=O)Nc2ccnn2-c2ccccc2)cc1. The van der Waals surface area contributed by atoms with Crippen molar-refractivity contribution < 1.29 is 38.4 Å². The third kappa shape index (κ3) is 6.82. The van der Waals surface area contributed by atoms with Crippen molar-refractivity contribution in [2.24, 2.45) is 5.14 Å². The van der Waals surface area contributed by atoms with E-state index < -0.39 is 51.6 Å². The highest BCUT2D eigenvalue weighted by Crippen LogP contribution is 2.39. The summed E-state index contributed by atoms with van der Waals surface area (Å²) in [5.74, 6) is 0.364. The fourth-order valence-corrected chi connectivity index (χ4v) is 6.67. The van der Waals surface area contributed by atoms with Crippen molar-refractivity contribution in [2.45, 2.75) is 20.9 Å².